The molecule has 5 nitrogen and oxygen atoms in total. The molecule has 1 unspecified atom stereocenters. The highest BCUT2D eigenvalue weighted by Crippen LogP contribution is 2.43. The molecular weight excluding hydrogens is 329 g/mol. The number of fused-ring (bicyclic) bond motifs is 3. The zero-order chi connectivity index (χ0) is 16.8. The maximum atomic E-state index is 13.3. The van der Waals surface area contributed by atoms with Crippen LogP contribution in [0.1, 0.15) is 19.4 Å². The van der Waals surface area contributed by atoms with E-state index in [0.717, 1.165) is 4.90 Å². The van der Waals surface area contributed by atoms with Crippen LogP contribution >= 0.6 is 11.8 Å². The smallest absolute Gasteiger partial charge is 0.392 e. The van der Waals surface area contributed by atoms with Crippen molar-refractivity contribution in [1.82, 2.24) is 5.43 Å². The van der Waals surface area contributed by atoms with E-state index in [1.54, 1.807) is 18.2 Å². The van der Waals surface area contributed by atoms with Gasteiger partial charge in [-0.1, -0.05) is 37.7 Å². The number of hydrogen-bond acceptors (Lipinski definition) is 6. The highest BCUT2D eigenvalue weighted by Gasteiger charge is 2.51. The van der Waals surface area contributed by atoms with Gasteiger partial charge in [0.15, 0.2) is 5.84 Å². The van der Waals surface area contributed by atoms with Crippen LogP contribution in [0.5, 0.6) is 0 Å². The van der Waals surface area contributed by atoms with Gasteiger partial charge in [-0.05, 0) is 6.07 Å². The van der Waals surface area contributed by atoms with Gasteiger partial charge in [0, 0.05) is 10.8 Å². The van der Waals surface area contributed by atoms with Gasteiger partial charge in [0.1, 0.15) is 5.04 Å². The second kappa shape index (κ2) is 5.72. The van der Waals surface area contributed by atoms with Gasteiger partial charge in [0.05, 0.1) is 18.0 Å². The lowest BCUT2D eigenvalue weighted by Gasteiger charge is -2.33. The molecule has 0 saturated carbocycles. The number of rotatable bonds is 2. The van der Waals surface area contributed by atoms with Crippen LogP contribution in [0.25, 0.3) is 0 Å². The van der Waals surface area contributed by atoms with Gasteiger partial charge in [-0.2, -0.15) is 18.3 Å². The quantitative estimate of drug-likeness (QED) is 0.866. The predicted octanol–water partition coefficient (Wildman–Crippen LogP) is 2.98. The Kier molecular flexibility index (Phi) is 4.01. The third-order valence-corrected chi connectivity index (χ3v) is 4.34. The molecule has 1 atom stereocenters. The minimum Gasteiger partial charge on any atom is -0.392 e. The van der Waals surface area contributed by atoms with Crippen LogP contribution in [-0.4, -0.2) is 33.6 Å². The lowest BCUT2D eigenvalue weighted by molar-refractivity contribution is -0.151. The molecule has 1 aromatic carbocycles. The summed E-state index contributed by atoms with van der Waals surface area (Å²) in [4.78, 5) is 5.56. The number of hydrogen-bond donors (Lipinski definition) is 2. The fourth-order valence-corrected chi connectivity index (χ4v) is 3.30. The summed E-state index contributed by atoms with van der Waals surface area (Å²) in [6.07, 6.45) is -6.44. The Morgan fingerprint density at radius 2 is 2.13 bits per heavy atom. The van der Waals surface area contributed by atoms with Crippen LogP contribution in [0.4, 0.5) is 24.5 Å². The van der Waals surface area contributed by atoms with E-state index >= 15 is 0 Å². The minimum absolute atomic E-state index is 0.131. The number of alkyl halides is 3. The van der Waals surface area contributed by atoms with Crippen molar-refractivity contribution in [1.29, 1.82) is 0 Å². The van der Waals surface area contributed by atoms with E-state index in [1.165, 1.54) is 11.8 Å². The Morgan fingerprint density at radius 1 is 1.39 bits per heavy atom. The summed E-state index contributed by atoms with van der Waals surface area (Å²) in [6.45, 7) is 3.56. The first-order valence-electron chi connectivity index (χ1n) is 7.00. The van der Waals surface area contributed by atoms with Crippen LogP contribution in [-0.2, 0) is 6.61 Å². The SMILES string of the molecule is CC(C)SC1=Nc2c(CO)cccc2N2C1=NNC2C(F)(F)F. The van der Waals surface area contributed by atoms with Crippen LogP contribution in [0, 0.1) is 0 Å². The minimum atomic E-state index is -4.50. The average Bonchev–Trinajstić information content (AvgIpc) is 2.91. The fourth-order valence-electron chi connectivity index (χ4n) is 2.46. The maximum absolute atomic E-state index is 13.3. The molecule has 0 aliphatic carbocycles. The van der Waals surface area contributed by atoms with Crippen molar-refractivity contribution in [3.8, 4) is 0 Å². The van der Waals surface area contributed by atoms with Crippen LogP contribution in [0.2, 0.25) is 0 Å². The lowest BCUT2D eigenvalue weighted by Crippen LogP contribution is -2.52. The summed E-state index contributed by atoms with van der Waals surface area (Å²) in [5, 5.41) is 13.9. The van der Waals surface area contributed by atoms with Crippen LogP contribution in [0.15, 0.2) is 28.3 Å². The van der Waals surface area contributed by atoms with Crippen LogP contribution < -0.4 is 10.3 Å². The molecule has 0 spiro atoms. The van der Waals surface area contributed by atoms with E-state index in [2.05, 4.69) is 15.5 Å². The number of aliphatic hydroxyl groups excluding tert-OH is 1. The standard InChI is InChI=1S/C14H15F3N4OS/c1-7(2)23-12-11-19-20-13(14(15,16)17)21(11)9-5-3-4-8(6-22)10(9)18-12/h3-5,7,13,20,22H,6H2,1-2H3. The average molecular weight is 344 g/mol. The summed E-state index contributed by atoms with van der Waals surface area (Å²) < 4.78 is 40.0. The molecule has 0 bridgehead atoms. The molecule has 124 valence electrons. The van der Waals surface area contributed by atoms with E-state index in [4.69, 9.17) is 0 Å². The zero-order valence-corrected chi connectivity index (χ0v) is 13.2. The number of nitrogens with one attached hydrogen (secondary N) is 1. The van der Waals surface area contributed by atoms with Crippen molar-refractivity contribution in [2.24, 2.45) is 10.1 Å². The summed E-state index contributed by atoms with van der Waals surface area (Å²) in [7, 11) is 0. The van der Waals surface area contributed by atoms with Crippen LogP contribution in [0.3, 0.4) is 0 Å². The van der Waals surface area contributed by atoms with Gasteiger partial charge >= 0.3 is 6.18 Å². The monoisotopic (exact) mass is 344 g/mol. The molecule has 0 fully saturated rings. The Hall–Kier alpha value is -1.74. The third kappa shape index (κ3) is 2.78. The summed E-state index contributed by atoms with van der Waals surface area (Å²) in [5.74, 6) is 0.161. The molecule has 2 heterocycles. The van der Waals surface area contributed by atoms with Gasteiger partial charge in [-0.15, -0.1) is 0 Å². The van der Waals surface area contributed by atoms with E-state index < -0.39 is 12.3 Å². The van der Waals surface area contributed by atoms with E-state index in [9.17, 15) is 18.3 Å². The van der Waals surface area contributed by atoms with Gasteiger partial charge in [-0.25, -0.2) is 4.99 Å². The highest BCUT2D eigenvalue weighted by atomic mass is 32.2. The summed E-state index contributed by atoms with van der Waals surface area (Å²) in [5.41, 5.74) is 3.28. The number of aliphatic imine (C=N–C) groups is 1. The van der Waals surface area contributed by atoms with Gasteiger partial charge < -0.3 is 5.11 Å². The topological polar surface area (TPSA) is 60.2 Å². The molecule has 1 aromatic rings. The van der Waals surface area contributed by atoms with E-state index in [0.29, 0.717) is 16.3 Å². The highest BCUT2D eigenvalue weighted by molar-refractivity contribution is 8.16. The van der Waals surface area contributed by atoms with Gasteiger partial charge in [0.25, 0.3) is 0 Å². The number of nitrogens with zero attached hydrogens (tertiary/aromatic N) is 3. The zero-order valence-electron chi connectivity index (χ0n) is 12.4. The first-order chi connectivity index (χ1) is 10.8. The first-order valence-corrected chi connectivity index (χ1v) is 7.88. The summed E-state index contributed by atoms with van der Waals surface area (Å²) >= 11 is 1.34. The van der Waals surface area contributed by atoms with Crippen molar-refractivity contribution in [3.63, 3.8) is 0 Å². The number of anilines is 1. The van der Waals surface area contributed by atoms with Gasteiger partial charge in [0.2, 0.25) is 6.17 Å². The molecule has 0 amide bonds. The molecular formula is C14H15F3N4OS. The van der Waals surface area contributed by atoms with Crippen molar-refractivity contribution in [2.75, 3.05) is 4.90 Å². The molecule has 0 saturated heterocycles. The summed E-state index contributed by atoms with van der Waals surface area (Å²) in [6, 6.07) is 4.80. The number of aliphatic hydroxyl groups is 1. The second-order valence-electron chi connectivity index (χ2n) is 5.41. The second-order valence-corrected chi connectivity index (χ2v) is 6.97. The predicted molar refractivity (Wildman–Crippen MR) is 85.1 cm³/mol. The number of amidine groups is 1. The molecule has 9 heteroatoms. The Bertz CT molecular complexity index is 687. The number of para-hydroxylation sites is 1. The maximum Gasteiger partial charge on any atom is 0.429 e. The van der Waals surface area contributed by atoms with Crippen molar-refractivity contribution < 1.29 is 18.3 Å². The molecule has 2 aliphatic heterocycles. The number of thioether (sulfide) groups is 1. The molecule has 0 aromatic heterocycles. The van der Waals surface area contributed by atoms with E-state index in [-0.39, 0.29) is 23.4 Å². The Morgan fingerprint density at radius 3 is 2.74 bits per heavy atom. The number of benzene rings is 1. The fraction of sp³-hybridized carbons (Fsp3) is 0.429. The first kappa shape index (κ1) is 16.1. The lowest BCUT2D eigenvalue weighted by atomic mass is 10.1. The third-order valence-electron chi connectivity index (χ3n) is 3.37. The normalized spacial score (nSPS) is 20.0. The molecule has 0 radical (unpaired) electrons. The van der Waals surface area contributed by atoms with Crippen molar-refractivity contribution >= 4 is 34.0 Å². The Balaban J connectivity index is 2.15. The Labute approximate surface area is 135 Å². The van der Waals surface area contributed by atoms with Crippen molar-refractivity contribution in [3.05, 3.63) is 23.8 Å². The molecule has 3 rings (SSSR count). The molecule has 23 heavy (non-hydrogen) atoms. The van der Waals surface area contributed by atoms with E-state index in [1.807, 2.05) is 13.8 Å². The van der Waals surface area contributed by atoms with Gasteiger partial charge in [-0.3, -0.25) is 10.3 Å². The van der Waals surface area contributed by atoms with Crippen molar-refractivity contribution in [2.45, 2.75) is 38.0 Å². The molecule has 2 aliphatic rings. The molecule has 2 N–H and O–H groups in total. The number of hydrazone groups is 1. The number of halogens is 3. The largest absolute Gasteiger partial charge is 0.429 e.